The standard InChI is InChI=1S/C8H18N2O3S/c1-9-4-7-14(11,12)10-8-2-5-13-6-3-8/h8-10H,2-7H2,1H3. The zero-order valence-corrected chi connectivity index (χ0v) is 9.27. The molecule has 0 spiro atoms. The van der Waals surface area contributed by atoms with Gasteiger partial charge in [0.1, 0.15) is 0 Å². The van der Waals surface area contributed by atoms with Crippen molar-refractivity contribution in [3.05, 3.63) is 0 Å². The number of sulfonamides is 1. The quantitative estimate of drug-likeness (QED) is 0.646. The van der Waals surface area contributed by atoms with E-state index in [2.05, 4.69) is 10.0 Å². The summed E-state index contributed by atoms with van der Waals surface area (Å²) in [4.78, 5) is 0. The van der Waals surface area contributed by atoms with Crippen LogP contribution in [0.1, 0.15) is 12.8 Å². The lowest BCUT2D eigenvalue weighted by Crippen LogP contribution is -2.41. The van der Waals surface area contributed by atoms with Crippen molar-refractivity contribution in [2.24, 2.45) is 0 Å². The van der Waals surface area contributed by atoms with E-state index in [0.29, 0.717) is 19.8 Å². The zero-order chi connectivity index (χ0) is 10.4. The normalized spacial score (nSPS) is 19.8. The van der Waals surface area contributed by atoms with Crippen molar-refractivity contribution in [3.63, 3.8) is 0 Å². The molecule has 0 aliphatic carbocycles. The average molecular weight is 222 g/mol. The van der Waals surface area contributed by atoms with Crippen LogP contribution in [0.5, 0.6) is 0 Å². The Balaban J connectivity index is 2.33. The van der Waals surface area contributed by atoms with Crippen LogP contribution in [-0.2, 0) is 14.8 Å². The molecule has 0 bridgehead atoms. The predicted molar refractivity (Wildman–Crippen MR) is 54.7 cm³/mol. The molecule has 0 aromatic heterocycles. The van der Waals surface area contributed by atoms with Crippen LogP contribution in [0.4, 0.5) is 0 Å². The van der Waals surface area contributed by atoms with Gasteiger partial charge in [-0.05, 0) is 19.9 Å². The minimum Gasteiger partial charge on any atom is -0.381 e. The number of hydrogen-bond acceptors (Lipinski definition) is 4. The summed E-state index contributed by atoms with van der Waals surface area (Å²) >= 11 is 0. The molecule has 1 aliphatic heterocycles. The minimum atomic E-state index is -3.11. The van der Waals surface area contributed by atoms with Gasteiger partial charge in [-0.25, -0.2) is 13.1 Å². The first kappa shape index (κ1) is 11.9. The Morgan fingerprint density at radius 2 is 2.00 bits per heavy atom. The molecular formula is C8H18N2O3S. The Morgan fingerprint density at radius 3 is 2.57 bits per heavy atom. The fourth-order valence-corrected chi connectivity index (χ4v) is 2.70. The van der Waals surface area contributed by atoms with Crippen LogP contribution in [0.25, 0.3) is 0 Å². The Morgan fingerprint density at radius 1 is 1.36 bits per heavy atom. The van der Waals surface area contributed by atoms with Crippen molar-refractivity contribution in [1.82, 2.24) is 10.0 Å². The third-order valence-corrected chi connectivity index (χ3v) is 3.62. The molecule has 1 saturated heterocycles. The van der Waals surface area contributed by atoms with Gasteiger partial charge in [-0.1, -0.05) is 0 Å². The zero-order valence-electron chi connectivity index (χ0n) is 8.45. The molecule has 2 N–H and O–H groups in total. The van der Waals surface area contributed by atoms with Crippen molar-refractivity contribution in [2.75, 3.05) is 32.6 Å². The fraction of sp³-hybridized carbons (Fsp3) is 1.00. The summed E-state index contributed by atoms with van der Waals surface area (Å²) in [5.41, 5.74) is 0. The van der Waals surface area contributed by atoms with Gasteiger partial charge in [0.2, 0.25) is 10.0 Å². The molecule has 0 atom stereocenters. The van der Waals surface area contributed by atoms with E-state index in [9.17, 15) is 8.42 Å². The molecule has 6 heteroatoms. The Kier molecular flexibility index (Phi) is 4.80. The molecule has 1 rings (SSSR count). The van der Waals surface area contributed by atoms with Gasteiger partial charge in [0.25, 0.3) is 0 Å². The van der Waals surface area contributed by atoms with Crippen LogP contribution < -0.4 is 10.0 Å². The molecule has 84 valence electrons. The summed E-state index contributed by atoms with van der Waals surface area (Å²) in [5.74, 6) is 0.140. The van der Waals surface area contributed by atoms with Gasteiger partial charge in [0.05, 0.1) is 5.75 Å². The van der Waals surface area contributed by atoms with Gasteiger partial charge in [0, 0.05) is 25.8 Å². The highest BCUT2D eigenvalue weighted by Gasteiger charge is 2.19. The molecule has 0 saturated carbocycles. The molecule has 1 fully saturated rings. The van der Waals surface area contributed by atoms with E-state index in [0.717, 1.165) is 12.8 Å². The molecule has 0 unspecified atom stereocenters. The van der Waals surface area contributed by atoms with Crippen molar-refractivity contribution < 1.29 is 13.2 Å². The van der Waals surface area contributed by atoms with Crippen LogP contribution in [0.15, 0.2) is 0 Å². The molecule has 0 aromatic rings. The van der Waals surface area contributed by atoms with E-state index in [4.69, 9.17) is 4.74 Å². The fourth-order valence-electron chi connectivity index (χ4n) is 1.36. The highest BCUT2D eigenvalue weighted by molar-refractivity contribution is 7.89. The lowest BCUT2D eigenvalue weighted by atomic mass is 10.1. The van der Waals surface area contributed by atoms with Crippen LogP contribution in [-0.4, -0.2) is 47.0 Å². The number of rotatable bonds is 5. The average Bonchev–Trinajstić information content (AvgIpc) is 2.16. The van der Waals surface area contributed by atoms with Crippen molar-refractivity contribution in [2.45, 2.75) is 18.9 Å². The number of ether oxygens (including phenoxy) is 1. The Bertz CT molecular complexity index is 247. The van der Waals surface area contributed by atoms with Crippen molar-refractivity contribution in [3.8, 4) is 0 Å². The molecule has 1 heterocycles. The van der Waals surface area contributed by atoms with Crippen LogP contribution >= 0.6 is 0 Å². The summed E-state index contributed by atoms with van der Waals surface area (Å²) in [6, 6.07) is 0.0607. The topological polar surface area (TPSA) is 67.4 Å². The first-order chi connectivity index (χ1) is 6.64. The minimum absolute atomic E-state index is 0.0607. The monoisotopic (exact) mass is 222 g/mol. The van der Waals surface area contributed by atoms with E-state index in [1.54, 1.807) is 7.05 Å². The lowest BCUT2D eigenvalue weighted by molar-refractivity contribution is 0.0832. The third kappa shape index (κ3) is 4.36. The van der Waals surface area contributed by atoms with Gasteiger partial charge in [-0.3, -0.25) is 0 Å². The van der Waals surface area contributed by atoms with E-state index in [1.807, 2.05) is 0 Å². The Labute approximate surface area is 85.3 Å². The molecular weight excluding hydrogens is 204 g/mol. The summed E-state index contributed by atoms with van der Waals surface area (Å²) in [6.45, 7) is 1.79. The summed E-state index contributed by atoms with van der Waals surface area (Å²) in [5, 5.41) is 2.82. The van der Waals surface area contributed by atoms with Gasteiger partial charge >= 0.3 is 0 Å². The first-order valence-corrected chi connectivity index (χ1v) is 6.51. The number of nitrogens with one attached hydrogen (secondary N) is 2. The van der Waals surface area contributed by atoms with Gasteiger partial charge in [0.15, 0.2) is 0 Å². The van der Waals surface area contributed by atoms with Crippen LogP contribution in [0.3, 0.4) is 0 Å². The SMILES string of the molecule is CNCCS(=O)(=O)NC1CCOCC1. The van der Waals surface area contributed by atoms with Gasteiger partial charge in [-0.15, -0.1) is 0 Å². The van der Waals surface area contributed by atoms with E-state index in [1.165, 1.54) is 0 Å². The lowest BCUT2D eigenvalue weighted by Gasteiger charge is -2.22. The predicted octanol–water partition coefficient (Wildman–Crippen LogP) is -0.696. The second kappa shape index (κ2) is 5.65. The van der Waals surface area contributed by atoms with Crippen molar-refractivity contribution in [1.29, 1.82) is 0 Å². The number of hydrogen-bond donors (Lipinski definition) is 2. The summed E-state index contributed by atoms with van der Waals surface area (Å²) in [6.07, 6.45) is 1.55. The van der Waals surface area contributed by atoms with E-state index < -0.39 is 10.0 Å². The molecule has 0 aromatic carbocycles. The van der Waals surface area contributed by atoms with E-state index in [-0.39, 0.29) is 11.8 Å². The second-order valence-electron chi connectivity index (χ2n) is 3.43. The van der Waals surface area contributed by atoms with Gasteiger partial charge in [-0.2, -0.15) is 0 Å². The largest absolute Gasteiger partial charge is 0.381 e. The molecule has 14 heavy (non-hydrogen) atoms. The molecule has 0 radical (unpaired) electrons. The maximum atomic E-state index is 11.5. The maximum absolute atomic E-state index is 11.5. The first-order valence-electron chi connectivity index (χ1n) is 4.86. The molecule has 5 nitrogen and oxygen atoms in total. The summed E-state index contributed by atoms with van der Waals surface area (Å²) < 4.78 is 30.8. The van der Waals surface area contributed by atoms with Gasteiger partial charge < -0.3 is 10.1 Å². The highest BCUT2D eigenvalue weighted by Crippen LogP contribution is 2.07. The molecule has 0 amide bonds. The maximum Gasteiger partial charge on any atom is 0.213 e. The summed E-state index contributed by atoms with van der Waals surface area (Å²) in [7, 11) is -1.37. The highest BCUT2D eigenvalue weighted by atomic mass is 32.2. The van der Waals surface area contributed by atoms with Crippen LogP contribution in [0.2, 0.25) is 0 Å². The van der Waals surface area contributed by atoms with Crippen LogP contribution in [0, 0.1) is 0 Å². The Hall–Kier alpha value is -0.170. The smallest absolute Gasteiger partial charge is 0.213 e. The molecule has 1 aliphatic rings. The second-order valence-corrected chi connectivity index (χ2v) is 5.30. The van der Waals surface area contributed by atoms with Crippen molar-refractivity contribution >= 4 is 10.0 Å². The third-order valence-electron chi connectivity index (χ3n) is 2.19. The van der Waals surface area contributed by atoms with E-state index >= 15 is 0 Å².